The Hall–Kier alpha value is -2.34. The molecule has 0 saturated carbocycles. The van der Waals surface area contributed by atoms with Gasteiger partial charge in [-0.1, -0.05) is 32.4 Å². The number of hydrogen-bond acceptors (Lipinski definition) is 4. The molecule has 0 atom stereocenters. The van der Waals surface area contributed by atoms with Gasteiger partial charge in [0.1, 0.15) is 12.3 Å². The Balaban J connectivity index is 2.10. The average Bonchev–Trinajstić information content (AvgIpc) is 3.02. The van der Waals surface area contributed by atoms with Gasteiger partial charge < -0.3 is 15.0 Å². The Kier molecular flexibility index (Phi) is 7.85. The fraction of sp³-hybridized carbons (Fsp3) is 0.429. The SMILES string of the molecule is CCCc1cc(C(=O)N(CCC)CC(=O)Nc2ccccc2OC)sc1C. The summed E-state index contributed by atoms with van der Waals surface area (Å²) in [6.45, 7) is 6.73. The molecule has 0 fully saturated rings. The van der Waals surface area contributed by atoms with E-state index < -0.39 is 0 Å². The summed E-state index contributed by atoms with van der Waals surface area (Å²) >= 11 is 1.51. The average molecular weight is 389 g/mol. The second-order valence-electron chi connectivity index (χ2n) is 6.42. The number of anilines is 1. The van der Waals surface area contributed by atoms with Crippen LogP contribution in [-0.2, 0) is 11.2 Å². The number of para-hydroxylation sites is 2. The second-order valence-corrected chi connectivity index (χ2v) is 7.67. The summed E-state index contributed by atoms with van der Waals surface area (Å²) in [4.78, 5) is 29.0. The molecule has 6 heteroatoms. The van der Waals surface area contributed by atoms with E-state index in [1.807, 2.05) is 32.0 Å². The first-order chi connectivity index (χ1) is 13.0. The molecule has 1 N–H and O–H groups in total. The summed E-state index contributed by atoms with van der Waals surface area (Å²) in [7, 11) is 1.56. The molecular weight excluding hydrogens is 360 g/mol. The molecule has 0 aliphatic heterocycles. The number of hydrogen-bond donors (Lipinski definition) is 1. The van der Waals surface area contributed by atoms with Crippen molar-refractivity contribution < 1.29 is 14.3 Å². The minimum Gasteiger partial charge on any atom is -0.495 e. The van der Waals surface area contributed by atoms with Gasteiger partial charge in [-0.3, -0.25) is 9.59 Å². The van der Waals surface area contributed by atoms with Crippen LogP contribution >= 0.6 is 11.3 Å². The molecule has 0 saturated heterocycles. The molecule has 2 aromatic rings. The van der Waals surface area contributed by atoms with Crippen molar-refractivity contribution in [1.29, 1.82) is 0 Å². The maximum atomic E-state index is 12.9. The van der Waals surface area contributed by atoms with E-state index in [0.717, 1.165) is 19.3 Å². The molecule has 146 valence electrons. The number of nitrogens with one attached hydrogen (secondary N) is 1. The largest absolute Gasteiger partial charge is 0.495 e. The van der Waals surface area contributed by atoms with Crippen LogP contribution in [0.2, 0.25) is 0 Å². The highest BCUT2D eigenvalue weighted by atomic mass is 32.1. The number of amides is 2. The third kappa shape index (κ3) is 5.57. The highest BCUT2D eigenvalue weighted by Gasteiger charge is 2.21. The van der Waals surface area contributed by atoms with Crippen molar-refractivity contribution in [2.24, 2.45) is 0 Å². The molecule has 2 rings (SSSR count). The lowest BCUT2D eigenvalue weighted by molar-refractivity contribution is -0.116. The lowest BCUT2D eigenvalue weighted by Crippen LogP contribution is -2.38. The van der Waals surface area contributed by atoms with Gasteiger partial charge >= 0.3 is 0 Å². The minimum atomic E-state index is -0.233. The Morgan fingerprint density at radius 2 is 1.93 bits per heavy atom. The molecular formula is C21H28N2O3S. The molecule has 5 nitrogen and oxygen atoms in total. The van der Waals surface area contributed by atoms with Crippen molar-refractivity contribution >= 4 is 28.8 Å². The first-order valence-corrected chi connectivity index (χ1v) is 10.1. The summed E-state index contributed by atoms with van der Waals surface area (Å²) in [6, 6.07) is 9.22. The highest BCUT2D eigenvalue weighted by Crippen LogP contribution is 2.25. The fourth-order valence-electron chi connectivity index (χ4n) is 2.93. The van der Waals surface area contributed by atoms with Crippen LogP contribution < -0.4 is 10.1 Å². The standard InChI is InChI=1S/C21H28N2O3S/c1-5-9-16-13-19(27-15(16)3)21(25)23(12-6-2)14-20(24)22-17-10-7-8-11-18(17)26-4/h7-8,10-11,13H,5-6,9,12,14H2,1-4H3,(H,22,24). The third-order valence-corrected chi connectivity index (χ3v) is 5.33. The summed E-state index contributed by atoms with van der Waals surface area (Å²) in [5.74, 6) is 0.281. The summed E-state index contributed by atoms with van der Waals surface area (Å²) < 4.78 is 5.26. The Morgan fingerprint density at radius 1 is 1.19 bits per heavy atom. The van der Waals surface area contributed by atoms with E-state index in [4.69, 9.17) is 4.74 Å². The van der Waals surface area contributed by atoms with Gasteiger partial charge in [0.15, 0.2) is 0 Å². The van der Waals surface area contributed by atoms with Crippen LogP contribution in [0.3, 0.4) is 0 Å². The van der Waals surface area contributed by atoms with E-state index in [-0.39, 0.29) is 18.4 Å². The number of carbonyl (C=O) groups is 2. The Labute approximate surface area is 165 Å². The molecule has 0 aliphatic rings. The van der Waals surface area contributed by atoms with Gasteiger partial charge in [-0.15, -0.1) is 11.3 Å². The quantitative estimate of drug-likeness (QED) is 0.688. The minimum absolute atomic E-state index is 0.0186. The van der Waals surface area contributed by atoms with Crippen LogP contribution in [0.4, 0.5) is 5.69 Å². The van der Waals surface area contributed by atoms with Gasteiger partial charge in [-0.25, -0.2) is 0 Å². The predicted molar refractivity (Wildman–Crippen MR) is 111 cm³/mol. The highest BCUT2D eigenvalue weighted by molar-refractivity contribution is 7.14. The lowest BCUT2D eigenvalue weighted by Gasteiger charge is -2.21. The van der Waals surface area contributed by atoms with Crippen molar-refractivity contribution in [2.45, 2.75) is 40.0 Å². The second kappa shape index (κ2) is 10.1. The first kappa shape index (κ1) is 21.0. The van der Waals surface area contributed by atoms with Crippen LogP contribution in [0, 0.1) is 6.92 Å². The maximum Gasteiger partial charge on any atom is 0.264 e. The fourth-order valence-corrected chi connectivity index (χ4v) is 3.97. The number of thiophene rings is 1. The van der Waals surface area contributed by atoms with Crippen molar-refractivity contribution in [3.63, 3.8) is 0 Å². The number of ether oxygens (including phenoxy) is 1. The van der Waals surface area contributed by atoms with E-state index in [2.05, 4.69) is 12.2 Å². The van der Waals surface area contributed by atoms with Gasteiger partial charge in [0.2, 0.25) is 5.91 Å². The zero-order valence-electron chi connectivity index (χ0n) is 16.5. The Bertz CT molecular complexity index is 785. The van der Waals surface area contributed by atoms with Gasteiger partial charge in [-0.2, -0.15) is 0 Å². The van der Waals surface area contributed by atoms with Gasteiger partial charge in [0.25, 0.3) is 5.91 Å². The van der Waals surface area contributed by atoms with E-state index in [9.17, 15) is 9.59 Å². The number of rotatable bonds is 9. The number of carbonyl (C=O) groups excluding carboxylic acids is 2. The molecule has 1 aromatic carbocycles. The van der Waals surface area contributed by atoms with E-state index >= 15 is 0 Å². The number of aryl methyl sites for hydroxylation is 2. The van der Waals surface area contributed by atoms with Gasteiger partial charge in [0.05, 0.1) is 17.7 Å². The zero-order valence-corrected chi connectivity index (χ0v) is 17.3. The molecule has 2 amide bonds. The van der Waals surface area contributed by atoms with Crippen LogP contribution in [0.15, 0.2) is 30.3 Å². The van der Waals surface area contributed by atoms with Crippen molar-refractivity contribution in [1.82, 2.24) is 4.90 Å². The first-order valence-electron chi connectivity index (χ1n) is 9.31. The summed E-state index contributed by atoms with van der Waals surface area (Å²) in [6.07, 6.45) is 2.81. The number of benzene rings is 1. The van der Waals surface area contributed by atoms with E-state index in [0.29, 0.717) is 22.9 Å². The summed E-state index contributed by atoms with van der Waals surface area (Å²) in [5, 5.41) is 2.84. The number of methoxy groups -OCH3 is 1. The topological polar surface area (TPSA) is 58.6 Å². The van der Waals surface area contributed by atoms with E-state index in [1.54, 1.807) is 24.1 Å². The molecule has 1 heterocycles. The molecule has 1 aromatic heterocycles. The van der Waals surface area contributed by atoms with Gasteiger partial charge in [0, 0.05) is 11.4 Å². The van der Waals surface area contributed by atoms with Crippen LogP contribution in [-0.4, -0.2) is 36.9 Å². The lowest BCUT2D eigenvalue weighted by atomic mass is 10.1. The molecule has 0 spiro atoms. The third-order valence-electron chi connectivity index (χ3n) is 4.25. The van der Waals surface area contributed by atoms with Crippen LogP contribution in [0.25, 0.3) is 0 Å². The van der Waals surface area contributed by atoms with Crippen molar-refractivity contribution in [2.75, 3.05) is 25.5 Å². The molecule has 0 unspecified atom stereocenters. The monoisotopic (exact) mass is 388 g/mol. The van der Waals surface area contributed by atoms with Crippen molar-refractivity contribution in [3.8, 4) is 5.75 Å². The molecule has 0 radical (unpaired) electrons. The van der Waals surface area contributed by atoms with Gasteiger partial charge in [-0.05, 0) is 43.5 Å². The number of nitrogens with zero attached hydrogens (tertiary/aromatic N) is 1. The van der Waals surface area contributed by atoms with Crippen LogP contribution in [0.5, 0.6) is 5.75 Å². The zero-order chi connectivity index (χ0) is 19.8. The van der Waals surface area contributed by atoms with E-state index in [1.165, 1.54) is 21.8 Å². The normalized spacial score (nSPS) is 10.5. The van der Waals surface area contributed by atoms with Crippen molar-refractivity contribution in [3.05, 3.63) is 45.6 Å². The smallest absolute Gasteiger partial charge is 0.264 e. The maximum absolute atomic E-state index is 12.9. The molecule has 0 bridgehead atoms. The Morgan fingerprint density at radius 3 is 2.59 bits per heavy atom. The van der Waals surface area contributed by atoms with Crippen LogP contribution in [0.1, 0.15) is 46.8 Å². The molecule has 27 heavy (non-hydrogen) atoms. The molecule has 0 aliphatic carbocycles. The summed E-state index contributed by atoms with van der Waals surface area (Å²) in [5.41, 5.74) is 1.83. The predicted octanol–water partition coefficient (Wildman–Crippen LogP) is 4.51.